The number of rotatable bonds is 6. The number of carbonyl (C=O) groups is 3. The minimum atomic E-state index is -0.719. The molecule has 0 radical (unpaired) electrons. The highest BCUT2D eigenvalue weighted by Gasteiger charge is 2.19. The van der Waals surface area contributed by atoms with E-state index in [0.29, 0.717) is 28.6 Å². The lowest BCUT2D eigenvalue weighted by Crippen LogP contribution is -2.25. The van der Waals surface area contributed by atoms with Crippen molar-refractivity contribution in [2.75, 3.05) is 38.1 Å². The van der Waals surface area contributed by atoms with Crippen LogP contribution in [-0.2, 0) is 14.3 Å². The van der Waals surface area contributed by atoms with E-state index >= 15 is 0 Å². The summed E-state index contributed by atoms with van der Waals surface area (Å²) in [4.78, 5) is 35.6. The summed E-state index contributed by atoms with van der Waals surface area (Å²) < 4.78 is 20.6. The fourth-order valence-corrected chi connectivity index (χ4v) is 2.80. The Kier molecular flexibility index (Phi) is 6.08. The van der Waals surface area contributed by atoms with Gasteiger partial charge in [-0.3, -0.25) is 9.59 Å². The molecule has 0 fully saturated rings. The van der Waals surface area contributed by atoms with Gasteiger partial charge in [-0.05, 0) is 24.3 Å². The minimum Gasteiger partial charge on any atom is -0.495 e. The number of ether oxygens (including phenoxy) is 4. The normalized spacial score (nSPS) is 12.2. The van der Waals surface area contributed by atoms with Gasteiger partial charge in [0.25, 0.3) is 11.8 Å². The van der Waals surface area contributed by atoms with Crippen LogP contribution in [0.25, 0.3) is 0 Å². The van der Waals surface area contributed by atoms with Crippen molar-refractivity contribution in [1.82, 2.24) is 0 Å². The summed E-state index contributed by atoms with van der Waals surface area (Å²) >= 11 is 6.06. The maximum atomic E-state index is 12.2. The number of carbonyl (C=O) groups excluding carboxylic acids is 3. The Labute approximate surface area is 170 Å². The second-order valence-corrected chi connectivity index (χ2v) is 6.27. The van der Waals surface area contributed by atoms with Crippen molar-refractivity contribution in [3.63, 3.8) is 0 Å². The average Bonchev–Trinajstić information content (AvgIpc) is 2.71. The van der Waals surface area contributed by atoms with Crippen LogP contribution in [0.4, 0.5) is 11.4 Å². The minimum absolute atomic E-state index is 0.139. The zero-order valence-corrected chi connectivity index (χ0v) is 16.3. The first-order chi connectivity index (χ1) is 13.9. The Hall–Kier alpha value is -3.46. The molecule has 0 saturated heterocycles. The van der Waals surface area contributed by atoms with Crippen LogP contribution in [0, 0.1) is 0 Å². The van der Waals surface area contributed by atoms with Gasteiger partial charge in [0.05, 0.1) is 36.2 Å². The summed E-state index contributed by atoms with van der Waals surface area (Å²) in [7, 11) is 2.89. The van der Waals surface area contributed by atoms with E-state index in [0.717, 1.165) is 0 Å². The molecule has 2 N–H and O–H groups in total. The molecular formula is C19H17ClN2O7. The zero-order chi connectivity index (χ0) is 21.0. The van der Waals surface area contributed by atoms with Crippen LogP contribution in [0.1, 0.15) is 10.4 Å². The Morgan fingerprint density at radius 2 is 1.93 bits per heavy atom. The summed E-state index contributed by atoms with van der Waals surface area (Å²) in [5, 5.41) is 5.46. The molecule has 10 heteroatoms. The van der Waals surface area contributed by atoms with E-state index in [4.69, 9.17) is 30.5 Å². The van der Waals surface area contributed by atoms with Crippen molar-refractivity contribution in [3.8, 4) is 17.2 Å². The number of hydrogen-bond acceptors (Lipinski definition) is 7. The van der Waals surface area contributed by atoms with Crippen LogP contribution in [0.2, 0.25) is 5.02 Å². The van der Waals surface area contributed by atoms with Gasteiger partial charge in [-0.1, -0.05) is 11.6 Å². The molecule has 2 aromatic carbocycles. The van der Waals surface area contributed by atoms with Gasteiger partial charge in [-0.15, -0.1) is 0 Å². The lowest BCUT2D eigenvalue weighted by atomic mass is 10.1. The van der Waals surface area contributed by atoms with Gasteiger partial charge >= 0.3 is 5.97 Å². The molecule has 2 aromatic rings. The predicted molar refractivity (Wildman–Crippen MR) is 104 cm³/mol. The van der Waals surface area contributed by atoms with Gasteiger partial charge in [0.2, 0.25) is 0 Å². The fourth-order valence-electron chi connectivity index (χ4n) is 2.56. The van der Waals surface area contributed by atoms with Crippen molar-refractivity contribution in [1.29, 1.82) is 0 Å². The maximum Gasteiger partial charge on any atom is 0.338 e. The predicted octanol–water partition coefficient (Wildman–Crippen LogP) is 2.48. The topological polar surface area (TPSA) is 112 Å². The van der Waals surface area contributed by atoms with Crippen LogP contribution in [0.15, 0.2) is 30.3 Å². The van der Waals surface area contributed by atoms with Gasteiger partial charge in [-0.2, -0.15) is 0 Å². The number of esters is 1. The number of anilines is 2. The molecule has 0 bridgehead atoms. The lowest BCUT2D eigenvalue weighted by molar-refractivity contribution is -0.119. The quantitative estimate of drug-likeness (QED) is 0.690. The van der Waals surface area contributed by atoms with Crippen molar-refractivity contribution in [2.24, 2.45) is 0 Å². The molecule has 1 aliphatic rings. The van der Waals surface area contributed by atoms with Crippen molar-refractivity contribution in [2.45, 2.75) is 0 Å². The van der Waals surface area contributed by atoms with Crippen molar-refractivity contribution < 1.29 is 33.3 Å². The molecule has 1 aliphatic heterocycles. The molecule has 3 rings (SSSR count). The largest absolute Gasteiger partial charge is 0.495 e. The number of halogens is 1. The standard InChI is InChI=1S/C19H17ClN2O7/c1-26-14-7-15(27-2)13(6-11(14)20)22-18(24)9-29-19(25)10-3-4-12-16(5-10)28-8-17(23)21-12/h3-7H,8-9H2,1-2H3,(H,21,23)(H,22,24). The molecule has 9 nitrogen and oxygen atoms in total. The number of amides is 2. The SMILES string of the molecule is COc1cc(OC)c(NC(=O)COC(=O)c2ccc3c(c2)OCC(=O)N3)cc1Cl. The van der Waals surface area contributed by atoms with Crippen LogP contribution in [0.3, 0.4) is 0 Å². The first-order valence-corrected chi connectivity index (χ1v) is 8.74. The summed E-state index contributed by atoms with van der Waals surface area (Å²) in [6.07, 6.45) is 0. The number of benzene rings is 2. The highest BCUT2D eigenvalue weighted by atomic mass is 35.5. The Bertz CT molecular complexity index is 977. The third-order valence-electron chi connectivity index (χ3n) is 3.93. The van der Waals surface area contributed by atoms with Gasteiger partial charge in [0.15, 0.2) is 13.2 Å². The van der Waals surface area contributed by atoms with Gasteiger partial charge < -0.3 is 29.6 Å². The van der Waals surface area contributed by atoms with Crippen LogP contribution in [-0.4, -0.2) is 45.2 Å². The first-order valence-electron chi connectivity index (χ1n) is 8.36. The molecule has 2 amide bonds. The summed E-state index contributed by atoms with van der Waals surface area (Å²) in [6, 6.07) is 7.40. The molecule has 0 aliphatic carbocycles. The smallest absolute Gasteiger partial charge is 0.338 e. The van der Waals surface area contributed by atoms with Gasteiger partial charge in [0.1, 0.15) is 17.2 Å². The molecular weight excluding hydrogens is 404 g/mol. The molecule has 152 valence electrons. The zero-order valence-electron chi connectivity index (χ0n) is 15.5. The van der Waals surface area contributed by atoms with Crippen LogP contribution >= 0.6 is 11.6 Å². The lowest BCUT2D eigenvalue weighted by Gasteiger charge is -2.18. The molecule has 0 spiro atoms. The first kappa shape index (κ1) is 20.3. The van der Waals surface area contributed by atoms with E-state index in [9.17, 15) is 14.4 Å². The number of nitrogens with one attached hydrogen (secondary N) is 2. The molecule has 1 heterocycles. The molecule has 29 heavy (non-hydrogen) atoms. The van der Waals surface area contributed by atoms with E-state index < -0.39 is 18.5 Å². The molecule has 0 saturated carbocycles. The number of hydrogen-bond donors (Lipinski definition) is 2. The highest BCUT2D eigenvalue weighted by Crippen LogP contribution is 2.35. The van der Waals surface area contributed by atoms with Crippen molar-refractivity contribution in [3.05, 3.63) is 40.9 Å². The third kappa shape index (κ3) is 4.69. The molecule has 0 aromatic heterocycles. The second-order valence-electron chi connectivity index (χ2n) is 5.86. The van der Waals surface area contributed by atoms with Crippen molar-refractivity contribution >= 4 is 40.8 Å². The molecule has 0 atom stereocenters. The molecule has 0 unspecified atom stereocenters. The average molecular weight is 421 g/mol. The maximum absolute atomic E-state index is 12.2. The summed E-state index contributed by atoms with van der Waals surface area (Å²) in [6.45, 7) is -0.666. The van der Waals surface area contributed by atoms with Gasteiger partial charge in [0, 0.05) is 6.07 Å². The second kappa shape index (κ2) is 8.70. The van der Waals surface area contributed by atoms with E-state index in [2.05, 4.69) is 10.6 Å². The monoisotopic (exact) mass is 420 g/mol. The fraction of sp³-hybridized carbons (Fsp3) is 0.211. The number of fused-ring (bicyclic) bond motifs is 1. The highest BCUT2D eigenvalue weighted by molar-refractivity contribution is 6.32. The van der Waals surface area contributed by atoms with Crippen LogP contribution in [0.5, 0.6) is 17.2 Å². The van der Waals surface area contributed by atoms with Crippen LogP contribution < -0.4 is 24.8 Å². The van der Waals surface area contributed by atoms with E-state index in [1.54, 1.807) is 0 Å². The van der Waals surface area contributed by atoms with Gasteiger partial charge in [-0.25, -0.2) is 4.79 Å². The van der Waals surface area contributed by atoms with E-state index in [-0.39, 0.29) is 23.1 Å². The summed E-state index contributed by atoms with van der Waals surface area (Å²) in [5.74, 6) is -0.513. The Balaban J connectivity index is 1.62. The van der Waals surface area contributed by atoms with E-state index in [1.165, 1.54) is 44.6 Å². The Morgan fingerprint density at radius 1 is 1.17 bits per heavy atom. The number of methoxy groups -OCH3 is 2. The summed E-state index contributed by atoms with van der Waals surface area (Å²) in [5.41, 5.74) is 0.939. The third-order valence-corrected chi connectivity index (χ3v) is 4.23. The Morgan fingerprint density at radius 3 is 2.66 bits per heavy atom. The van der Waals surface area contributed by atoms with E-state index in [1.807, 2.05) is 0 Å².